The first-order chi connectivity index (χ1) is 18.5. The van der Waals surface area contributed by atoms with Crippen LogP contribution < -0.4 is 25.2 Å². The van der Waals surface area contributed by atoms with Crippen LogP contribution in [0.2, 0.25) is 0 Å². The number of fused-ring (bicyclic) bond motifs is 2. The van der Waals surface area contributed by atoms with Crippen LogP contribution in [0.25, 0.3) is 11.0 Å². The van der Waals surface area contributed by atoms with Gasteiger partial charge in [-0.1, -0.05) is 30.3 Å². The molecule has 0 bridgehead atoms. The van der Waals surface area contributed by atoms with Crippen LogP contribution in [-0.2, 0) is 13.0 Å². The normalized spacial score (nSPS) is 14.6. The lowest BCUT2D eigenvalue weighted by molar-refractivity contribution is 0.187. The van der Waals surface area contributed by atoms with Gasteiger partial charge in [-0.05, 0) is 72.1 Å². The molecule has 1 aliphatic rings. The van der Waals surface area contributed by atoms with Crippen LogP contribution in [0.5, 0.6) is 17.2 Å². The third-order valence-corrected chi connectivity index (χ3v) is 7.26. The third kappa shape index (κ3) is 5.31. The maximum absolute atomic E-state index is 11.9. The highest BCUT2D eigenvalue weighted by atomic mass is 32.1. The van der Waals surface area contributed by atoms with E-state index in [-0.39, 0.29) is 11.7 Å². The highest BCUT2D eigenvalue weighted by Crippen LogP contribution is 2.38. The first-order valence-corrected chi connectivity index (χ1v) is 12.9. The second-order valence-corrected chi connectivity index (χ2v) is 9.61. The number of nitrogens with zero attached hydrogens (tertiary/aromatic N) is 1. The quantitative estimate of drug-likeness (QED) is 0.259. The predicted octanol–water partition coefficient (Wildman–Crippen LogP) is 5.17. The summed E-state index contributed by atoms with van der Waals surface area (Å²) in [6, 6.07) is 21.1. The Bertz CT molecular complexity index is 1520. The van der Waals surface area contributed by atoms with Gasteiger partial charge in [-0.15, -0.1) is 0 Å². The fourth-order valence-corrected chi connectivity index (χ4v) is 5.19. The second-order valence-electron chi connectivity index (χ2n) is 9.23. The van der Waals surface area contributed by atoms with Crippen LogP contribution in [0.3, 0.4) is 0 Å². The van der Waals surface area contributed by atoms with Crippen molar-refractivity contribution in [3.63, 3.8) is 0 Å². The lowest BCUT2D eigenvalue weighted by Crippen LogP contribution is -2.47. The Morgan fingerprint density at radius 3 is 2.58 bits per heavy atom. The summed E-state index contributed by atoms with van der Waals surface area (Å²) in [6.07, 6.45) is 0.805. The molecular formula is C30H30N2O5S. The average molecular weight is 531 g/mol. The zero-order valence-corrected chi connectivity index (χ0v) is 22.5. The Labute approximate surface area is 226 Å². The Kier molecular flexibility index (Phi) is 7.51. The second kappa shape index (κ2) is 11.1. The van der Waals surface area contributed by atoms with Crippen molar-refractivity contribution in [1.82, 2.24) is 10.2 Å². The monoisotopic (exact) mass is 530 g/mol. The lowest BCUT2D eigenvalue weighted by atomic mass is 9.92. The first kappa shape index (κ1) is 25.6. The number of nitrogens with one attached hydrogen (secondary N) is 1. The van der Waals surface area contributed by atoms with E-state index in [1.54, 1.807) is 20.3 Å². The first-order valence-electron chi connectivity index (χ1n) is 12.5. The number of thiocarbonyl (C=S) groups is 1. The number of methoxy groups -OCH3 is 2. The third-order valence-electron chi connectivity index (χ3n) is 6.88. The SMILES string of the molecule is COc1cc2c(cc1OC)C(COc1ccc3c(C)cc(=O)oc3c1)N(C(=S)NCc1ccccc1)CC2. The van der Waals surface area contributed by atoms with Gasteiger partial charge < -0.3 is 28.8 Å². The molecule has 7 nitrogen and oxygen atoms in total. The van der Waals surface area contributed by atoms with E-state index in [1.807, 2.05) is 49.4 Å². The fourth-order valence-electron chi connectivity index (χ4n) is 4.90. The molecule has 3 aromatic carbocycles. The Morgan fingerprint density at radius 1 is 1.05 bits per heavy atom. The number of hydrogen-bond donors (Lipinski definition) is 1. The van der Waals surface area contributed by atoms with E-state index in [1.165, 1.54) is 11.6 Å². The molecule has 1 atom stereocenters. The van der Waals surface area contributed by atoms with Crippen molar-refractivity contribution < 1.29 is 18.6 Å². The molecule has 196 valence electrons. The highest BCUT2D eigenvalue weighted by molar-refractivity contribution is 7.80. The summed E-state index contributed by atoms with van der Waals surface area (Å²) in [5.74, 6) is 1.97. The molecule has 1 aliphatic heterocycles. The van der Waals surface area contributed by atoms with Gasteiger partial charge in [-0.3, -0.25) is 0 Å². The molecule has 1 unspecified atom stereocenters. The van der Waals surface area contributed by atoms with Gasteiger partial charge in [0.15, 0.2) is 16.6 Å². The van der Waals surface area contributed by atoms with Gasteiger partial charge in [0.1, 0.15) is 17.9 Å². The molecule has 5 rings (SSSR count). The molecule has 2 heterocycles. The smallest absolute Gasteiger partial charge is 0.336 e. The maximum Gasteiger partial charge on any atom is 0.336 e. The van der Waals surface area contributed by atoms with Crippen LogP contribution in [0.1, 0.15) is 28.3 Å². The van der Waals surface area contributed by atoms with Gasteiger partial charge in [-0.25, -0.2) is 4.79 Å². The summed E-state index contributed by atoms with van der Waals surface area (Å²) >= 11 is 5.87. The topological polar surface area (TPSA) is 73.2 Å². The summed E-state index contributed by atoms with van der Waals surface area (Å²) in [4.78, 5) is 14.1. The Hall–Kier alpha value is -4.04. The minimum Gasteiger partial charge on any atom is -0.493 e. The predicted molar refractivity (Wildman–Crippen MR) is 151 cm³/mol. The van der Waals surface area contributed by atoms with E-state index in [9.17, 15) is 4.79 Å². The molecular weight excluding hydrogens is 500 g/mol. The molecule has 0 aliphatic carbocycles. The van der Waals surface area contributed by atoms with Crippen molar-refractivity contribution in [3.8, 4) is 17.2 Å². The van der Waals surface area contributed by atoms with E-state index in [2.05, 4.69) is 22.3 Å². The number of aryl methyl sites for hydroxylation is 1. The molecule has 38 heavy (non-hydrogen) atoms. The van der Waals surface area contributed by atoms with Gasteiger partial charge in [-0.2, -0.15) is 0 Å². The maximum atomic E-state index is 11.9. The fraction of sp³-hybridized carbons (Fsp3) is 0.267. The molecule has 8 heteroatoms. The Balaban J connectivity index is 1.43. The van der Waals surface area contributed by atoms with Crippen molar-refractivity contribution in [2.24, 2.45) is 0 Å². The van der Waals surface area contributed by atoms with Gasteiger partial charge in [0.05, 0.1) is 20.3 Å². The largest absolute Gasteiger partial charge is 0.493 e. The number of rotatable bonds is 7. The zero-order chi connectivity index (χ0) is 26.6. The highest BCUT2D eigenvalue weighted by Gasteiger charge is 2.31. The average Bonchev–Trinajstić information content (AvgIpc) is 2.93. The standard InChI is InChI=1S/C30H30N2O5S/c1-19-13-29(33)37-26-15-22(9-10-23(19)26)36-18-25-24-16-28(35-3)27(34-2)14-21(24)11-12-32(25)30(38)31-17-20-7-5-4-6-8-20/h4-10,13-16,25H,11-12,17-18H2,1-3H3,(H,31,38). The molecule has 4 aromatic rings. The van der Waals surface area contributed by atoms with Gasteiger partial charge in [0.25, 0.3) is 0 Å². The van der Waals surface area contributed by atoms with Crippen LogP contribution in [-0.4, -0.2) is 37.4 Å². The van der Waals surface area contributed by atoms with Crippen LogP contribution in [0.4, 0.5) is 0 Å². The van der Waals surface area contributed by atoms with Crippen molar-refractivity contribution >= 4 is 28.3 Å². The molecule has 0 spiro atoms. The van der Waals surface area contributed by atoms with E-state index >= 15 is 0 Å². The molecule has 0 saturated heterocycles. The van der Waals surface area contributed by atoms with Gasteiger partial charge in [0, 0.05) is 30.6 Å². The minimum atomic E-state index is -0.379. The van der Waals surface area contributed by atoms with E-state index in [0.717, 1.165) is 35.0 Å². The lowest BCUT2D eigenvalue weighted by Gasteiger charge is -2.39. The van der Waals surface area contributed by atoms with E-state index in [4.69, 9.17) is 30.8 Å². The zero-order valence-electron chi connectivity index (χ0n) is 21.7. The number of benzene rings is 3. The van der Waals surface area contributed by atoms with Crippen LogP contribution >= 0.6 is 12.2 Å². The van der Waals surface area contributed by atoms with E-state index < -0.39 is 0 Å². The van der Waals surface area contributed by atoms with Gasteiger partial charge >= 0.3 is 5.63 Å². The molecule has 0 amide bonds. The van der Waals surface area contributed by atoms with Crippen LogP contribution in [0.15, 0.2) is 75.9 Å². The van der Waals surface area contributed by atoms with Crippen molar-refractivity contribution in [3.05, 3.63) is 99.4 Å². The van der Waals surface area contributed by atoms with Crippen molar-refractivity contribution in [1.29, 1.82) is 0 Å². The van der Waals surface area contributed by atoms with E-state index in [0.29, 0.717) is 41.1 Å². The number of ether oxygens (including phenoxy) is 3. The van der Waals surface area contributed by atoms with Crippen molar-refractivity contribution in [2.75, 3.05) is 27.4 Å². The summed E-state index contributed by atoms with van der Waals surface area (Å²) in [5.41, 5.74) is 4.38. The van der Waals surface area contributed by atoms with Gasteiger partial charge in [0.2, 0.25) is 0 Å². The molecule has 0 radical (unpaired) electrons. The minimum absolute atomic E-state index is 0.172. The summed E-state index contributed by atoms with van der Waals surface area (Å²) in [6.45, 7) is 3.58. The molecule has 0 fully saturated rings. The van der Waals surface area contributed by atoms with Crippen LogP contribution in [0, 0.1) is 6.92 Å². The molecule has 1 N–H and O–H groups in total. The molecule has 0 saturated carbocycles. The Morgan fingerprint density at radius 2 is 1.82 bits per heavy atom. The van der Waals surface area contributed by atoms with Crippen molar-refractivity contribution in [2.45, 2.75) is 25.9 Å². The number of hydrogen-bond acceptors (Lipinski definition) is 6. The summed E-state index contributed by atoms with van der Waals surface area (Å²) in [5, 5.41) is 4.95. The molecule has 1 aromatic heterocycles. The summed E-state index contributed by atoms with van der Waals surface area (Å²) in [7, 11) is 3.27. The summed E-state index contributed by atoms with van der Waals surface area (Å²) < 4.78 is 22.9.